The molecule has 0 saturated heterocycles. The molecule has 1 heterocycles. The van der Waals surface area contributed by atoms with Gasteiger partial charge >= 0.3 is 19.5 Å². The molecule has 1 aliphatic heterocycles. The topological polar surface area (TPSA) is 131 Å². The number of aliphatic imine (C=N–C) groups is 1. The van der Waals surface area contributed by atoms with Gasteiger partial charge in [0, 0.05) is 24.9 Å². The first kappa shape index (κ1) is 26.2. The van der Waals surface area contributed by atoms with E-state index in [9.17, 15) is 0 Å². The van der Waals surface area contributed by atoms with E-state index >= 15 is 0 Å². The fraction of sp³-hybridized carbons (Fsp3) is 0.550. The van der Waals surface area contributed by atoms with Crippen molar-refractivity contribution in [2.45, 2.75) is 64.5 Å². The Kier molecular flexibility index (Phi) is 13.3. The molecule has 1 aliphatic carbocycles. The molecule has 7 nitrogen and oxygen atoms in total. The Bertz CT molecular complexity index is 609. The molecule has 3 rings (SSSR count). The van der Waals surface area contributed by atoms with Crippen LogP contribution in [0.1, 0.15) is 75.6 Å². The fourth-order valence-corrected chi connectivity index (χ4v) is 3.19. The zero-order valence-corrected chi connectivity index (χ0v) is 19.7. The number of hydrogen-bond donors (Lipinski definition) is 2. The Balaban J connectivity index is 0.000000697. The first-order valence-electron chi connectivity index (χ1n) is 9.30. The number of carboxylic acids is 2. The van der Waals surface area contributed by atoms with Gasteiger partial charge in [-0.3, -0.25) is 5.32 Å². The van der Waals surface area contributed by atoms with Gasteiger partial charge in [-0.1, -0.05) is 43.5 Å². The molecule has 1 saturated carbocycles. The molecule has 0 aromatic heterocycles. The minimum atomic E-state index is -1.08. The van der Waals surface area contributed by atoms with Crippen molar-refractivity contribution < 1.29 is 39.3 Å². The number of carbonyl (C=O) groups excluding carboxylic acids is 2. The normalized spacial score (nSPS) is 18.8. The van der Waals surface area contributed by atoms with Gasteiger partial charge in [0.2, 0.25) is 0 Å². The first-order chi connectivity index (χ1) is 12.8. The number of aliphatic carboxylic acids is 2. The third kappa shape index (κ3) is 11.1. The van der Waals surface area contributed by atoms with Crippen LogP contribution in [0, 0.1) is 0 Å². The Morgan fingerprint density at radius 2 is 1.46 bits per heavy atom. The van der Waals surface area contributed by atoms with Crippen LogP contribution in [0.4, 0.5) is 0 Å². The second-order valence-corrected chi connectivity index (χ2v) is 6.71. The van der Waals surface area contributed by atoms with Gasteiger partial charge in [0.1, 0.15) is 6.17 Å². The molecule has 1 fully saturated rings. The summed E-state index contributed by atoms with van der Waals surface area (Å²) >= 11 is 0. The molecule has 1 aromatic carbocycles. The molecule has 0 radical (unpaired) electrons. The Labute approximate surface area is 179 Å². The van der Waals surface area contributed by atoms with Gasteiger partial charge in [-0.25, -0.2) is 4.99 Å². The van der Waals surface area contributed by atoms with Crippen molar-refractivity contribution in [3.8, 4) is 0 Å². The third-order valence-electron chi connectivity index (χ3n) is 4.34. The maximum atomic E-state index is 8.89. The quantitative estimate of drug-likeness (QED) is 0.647. The summed E-state index contributed by atoms with van der Waals surface area (Å²) in [6.45, 7) is 2.87. The van der Waals surface area contributed by atoms with E-state index in [-0.39, 0.29) is 25.6 Å². The van der Waals surface area contributed by atoms with Gasteiger partial charge in [-0.2, -0.15) is 0 Å². The number of nitrogens with zero attached hydrogens (tertiary/aromatic N) is 1. The van der Waals surface area contributed by atoms with Crippen molar-refractivity contribution in [3.63, 3.8) is 0 Å². The molecule has 0 amide bonds. The van der Waals surface area contributed by atoms with Crippen molar-refractivity contribution in [1.29, 1.82) is 0 Å². The molecule has 1 aromatic rings. The van der Waals surface area contributed by atoms with Crippen LogP contribution in [0.2, 0.25) is 0 Å². The van der Waals surface area contributed by atoms with E-state index < -0.39 is 11.9 Å². The van der Waals surface area contributed by atoms with Crippen molar-refractivity contribution in [3.05, 3.63) is 35.4 Å². The van der Waals surface area contributed by atoms with Crippen LogP contribution >= 0.6 is 0 Å². The third-order valence-corrected chi connectivity index (χ3v) is 4.34. The van der Waals surface area contributed by atoms with Gasteiger partial charge in [0.25, 0.3) is 0 Å². The molecule has 1 atom stereocenters. The summed E-state index contributed by atoms with van der Waals surface area (Å²) in [6.07, 6.45) is 7.80. The van der Waals surface area contributed by atoms with E-state index in [2.05, 4.69) is 34.6 Å². The minimum absolute atomic E-state index is 0. The number of carbonyl (C=O) groups is 2. The second kappa shape index (κ2) is 14.2. The van der Waals surface area contributed by atoms with E-state index in [1.54, 1.807) is 0 Å². The first-order valence-corrected chi connectivity index (χ1v) is 9.30. The summed E-state index contributed by atoms with van der Waals surface area (Å²) < 4.78 is 0. The van der Waals surface area contributed by atoms with Crippen LogP contribution in [0.5, 0.6) is 0 Å². The van der Waals surface area contributed by atoms with Crippen LogP contribution in [0.15, 0.2) is 29.3 Å². The van der Waals surface area contributed by atoms with E-state index in [0.29, 0.717) is 0 Å². The van der Waals surface area contributed by atoms with Crippen molar-refractivity contribution in [1.82, 2.24) is 5.32 Å². The van der Waals surface area contributed by atoms with Gasteiger partial charge in [-0.05, 0) is 43.7 Å². The van der Waals surface area contributed by atoms with E-state index in [1.165, 1.54) is 43.2 Å². The maximum absolute atomic E-state index is 8.89. The van der Waals surface area contributed by atoms with Crippen molar-refractivity contribution >= 4 is 17.8 Å². The molecule has 8 heteroatoms. The summed E-state index contributed by atoms with van der Waals surface area (Å²) in [6, 6.07) is 8.99. The second-order valence-electron chi connectivity index (χ2n) is 6.71. The van der Waals surface area contributed by atoms with Gasteiger partial charge in [0.15, 0.2) is 0 Å². The van der Waals surface area contributed by atoms with Crippen LogP contribution in [0.3, 0.4) is 0 Å². The van der Waals surface area contributed by atoms with Gasteiger partial charge in [0.05, 0.1) is 5.84 Å². The van der Waals surface area contributed by atoms with Crippen LogP contribution < -0.4 is 21.3 Å². The van der Waals surface area contributed by atoms with E-state index in [4.69, 9.17) is 25.5 Å². The summed E-state index contributed by atoms with van der Waals surface area (Å²) in [7, 11) is 0. The number of amidine groups is 1. The molecule has 28 heavy (non-hydrogen) atoms. The average Bonchev–Trinajstić information content (AvgIpc) is 2.62. The molecule has 3 N–H and O–H groups in total. The Morgan fingerprint density at radius 1 is 1.00 bits per heavy atom. The van der Waals surface area contributed by atoms with Gasteiger partial charge < -0.3 is 25.5 Å². The number of rotatable bonds is 2. The SMILES string of the molecule is CC(=O)[O-].CC(=O)[O-].NC1=NC(c2ccc(C3CCCCC3)cc2)NCC1.[Zn+2]. The number of carboxylic acid groups (broad SMARTS) is 2. The summed E-state index contributed by atoms with van der Waals surface area (Å²) in [5.41, 5.74) is 8.54. The maximum Gasteiger partial charge on any atom is 2.00 e. The molecular formula is C20H29N3O4Zn. The van der Waals surface area contributed by atoms with Crippen molar-refractivity contribution in [2.24, 2.45) is 10.7 Å². The number of nitrogens with one attached hydrogen (secondary N) is 1. The predicted molar refractivity (Wildman–Crippen MR) is 101 cm³/mol. The van der Waals surface area contributed by atoms with Crippen LogP contribution in [-0.4, -0.2) is 24.3 Å². The summed E-state index contributed by atoms with van der Waals surface area (Å²) in [5.74, 6) is -0.629. The number of hydrogen-bond acceptors (Lipinski definition) is 7. The zero-order chi connectivity index (χ0) is 20.2. The monoisotopic (exact) mass is 439 g/mol. The minimum Gasteiger partial charge on any atom is -0.550 e. The summed E-state index contributed by atoms with van der Waals surface area (Å²) in [5, 5.41) is 21.2. The van der Waals surface area contributed by atoms with Crippen LogP contribution in [-0.2, 0) is 29.1 Å². The smallest absolute Gasteiger partial charge is 0.550 e. The average molecular weight is 441 g/mol. The molecule has 0 bridgehead atoms. The molecule has 1 unspecified atom stereocenters. The number of benzene rings is 1. The molecule has 0 spiro atoms. The van der Waals surface area contributed by atoms with Crippen LogP contribution in [0.25, 0.3) is 0 Å². The fourth-order valence-electron chi connectivity index (χ4n) is 3.19. The summed E-state index contributed by atoms with van der Waals surface area (Å²) in [4.78, 5) is 22.3. The van der Waals surface area contributed by atoms with Gasteiger partial charge in [-0.15, -0.1) is 0 Å². The van der Waals surface area contributed by atoms with Crippen molar-refractivity contribution in [2.75, 3.05) is 6.54 Å². The Morgan fingerprint density at radius 3 is 1.93 bits per heavy atom. The molecule has 150 valence electrons. The molecule has 2 aliphatic rings. The largest absolute Gasteiger partial charge is 2.00 e. The standard InChI is InChI=1S/C16H23N3.2C2H4O2.Zn/c17-15-10-11-18-16(19-15)14-8-6-13(7-9-14)12-4-2-1-3-5-12;2*1-2(3)4;/h6-9,12,16,18H,1-5,10-11H2,(H2,17,19);2*1H3,(H,3,4);/q;;;+2/p-2. The van der Waals surface area contributed by atoms with E-state index in [1.807, 2.05) is 0 Å². The number of nitrogens with two attached hydrogens (primary N) is 1. The molecular weight excluding hydrogens is 412 g/mol. The predicted octanol–water partition coefficient (Wildman–Crippen LogP) is 0.593. The van der Waals surface area contributed by atoms with E-state index in [0.717, 1.165) is 38.6 Å². The zero-order valence-electron chi connectivity index (χ0n) is 16.8. The Hall–Kier alpha value is -1.79.